The normalized spacial score (nSPS) is 13.5. The second-order valence-corrected chi connectivity index (χ2v) is 3.93. The van der Waals surface area contributed by atoms with Crippen molar-refractivity contribution in [2.75, 3.05) is 12.4 Å². The first-order valence-corrected chi connectivity index (χ1v) is 5.39. The maximum Gasteiger partial charge on any atom is 0.574 e. The summed E-state index contributed by atoms with van der Waals surface area (Å²) in [5.74, 6) is -0.477. The van der Waals surface area contributed by atoms with Crippen LogP contribution in [0.5, 0.6) is 5.88 Å². The Morgan fingerprint density at radius 1 is 1.35 bits per heavy atom. The highest BCUT2D eigenvalue weighted by Crippen LogP contribution is 2.21. The third-order valence-corrected chi connectivity index (χ3v) is 2.52. The van der Waals surface area contributed by atoms with Gasteiger partial charge in [0.2, 0.25) is 5.88 Å². The second-order valence-electron chi connectivity index (χ2n) is 2.89. The number of rotatable bonds is 5. The SMILES string of the molecule is OCC(O)CSc1cnc(OC(F)(F)F)cn1. The minimum absolute atomic E-state index is 0.171. The molecule has 1 rings (SSSR count). The molecule has 9 heteroatoms. The molecular formula is C8H9F3N2O3S. The fourth-order valence-electron chi connectivity index (χ4n) is 0.784. The Morgan fingerprint density at radius 3 is 2.53 bits per heavy atom. The van der Waals surface area contributed by atoms with Gasteiger partial charge in [0, 0.05) is 5.75 Å². The van der Waals surface area contributed by atoms with E-state index in [4.69, 9.17) is 10.2 Å². The van der Waals surface area contributed by atoms with Crippen LogP contribution in [0.3, 0.4) is 0 Å². The van der Waals surface area contributed by atoms with Crippen molar-refractivity contribution in [2.24, 2.45) is 0 Å². The van der Waals surface area contributed by atoms with Gasteiger partial charge in [0.05, 0.1) is 25.1 Å². The molecule has 0 aliphatic rings. The van der Waals surface area contributed by atoms with Gasteiger partial charge in [-0.05, 0) is 0 Å². The van der Waals surface area contributed by atoms with Crippen LogP contribution in [0.15, 0.2) is 17.4 Å². The summed E-state index contributed by atoms with van der Waals surface area (Å²) in [6, 6.07) is 0. The van der Waals surface area contributed by atoms with Gasteiger partial charge in [0.25, 0.3) is 0 Å². The molecule has 0 aliphatic carbocycles. The molecule has 0 saturated heterocycles. The number of ether oxygens (including phenoxy) is 1. The second kappa shape index (κ2) is 6.03. The molecule has 0 aliphatic heterocycles. The van der Waals surface area contributed by atoms with E-state index < -0.39 is 25.0 Å². The van der Waals surface area contributed by atoms with Crippen molar-refractivity contribution < 1.29 is 28.1 Å². The monoisotopic (exact) mass is 270 g/mol. The molecule has 2 N–H and O–H groups in total. The van der Waals surface area contributed by atoms with Crippen molar-refractivity contribution in [2.45, 2.75) is 17.5 Å². The van der Waals surface area contributed by atoms with Crippen LogP contribution in [0.2, 0.25) is 0 Å². The summed E-state index contributed by atoms with van der Waals surface area (Å²) in [7, 11) is 0. The predicted molar refractivity (Wildman–Crippen MR) is 52.5 cm³/mol. The smallest absolute Gasteiger partial charge is 0.394 e. The van der Waals surface area contributed by atoms with Crippen LogP contribution in [0.4, 0.5) is 13.2 Å². The average molecular weight is 270 g/mol. The van der Waals surface area contributed by atoms with Crippen LogP contribution >= 0.6 is 11.8 Å². The van der Waals surface area contributed by atoms with Crippen LogP contribution in [0.1, 0.15) is 0 Å². The van der Waals surface area contributed by atoms with E-state index in [0.717, 1.165) is 24.2 Å². The van der Waals surface area contributed by atoms with Gasteiger partial charge in [-0.15, -0.1) is 24.9 Å². The van der Waals surface area contributed by atoms with Gasteiger partial charge in [-0.2, -0.15) is 0 Å². The lowest BCUT2D eigenvalue weighted by Gasteiger charge is -2.08. The van der Waals surface area contributed by atoms with Crippen molar-refractivity contribution >= 4 is 11.8 Å². The number of alkyl halides is 3. The minimum Gasteiger partial charge on any atom is -0.394 e. The quantitative estimate of drug-likeness (QED) is 0.772. The largest absolute Gasteiger partial charge is 0.574 e. The number of hydrogen-bond donors (Lipinski definition) is 2. The molecular weight excluding hydrogens is 261 g/mol. The van der Waals surface area contributed by atoms with E-state index in [2.05, 4.69) is 14.7 Å². The molecule has 1 aromatic rings. The van der Waals surface area contributed by atoms with E-state index in [0.29, 0.717) is 5.03 Å². The molecule has 17 heavy (non-hydrogen) atoms. The lowest BCUT2D eigenvalue weighted by Crippen LogP contribution is -2.18. The van der Waals surface area contributed by atoms with Crippen molar-refractivity contribution in [1.82, 2.24) is 9.97 Å². The van der Waals surface area contributed by atoms with E-state index in [1.807, 2.05) is 0 Å². The van der Waals surface area contributed by atoms with Gasteiger partial charge in [-0.25, -0.2) is 9.97 Å². The number of nitrogens with zero attached hydrogens (tertiary/aromatic N) is 2. The Hall–Kier alpha value is -1.06. The summed E-state index contributed by atoms with van der Waals surface area (Å²) in [5, 5.41) is 17.9. The Bertz CT molecular complexity index is 347. The summed E-state index contributed by atoms with van der Waals surface area (Å²) in [6.45, 7) is -0.393. The van der Waals surface area contributed by atoms with E-state index >= 15 is 0 Å². The Kier molecular flexibility index (Phi) is 4.97. The first-order chi connectivity index (χ1) is 7.90. The molecule has 5 nitrogen and oxygen atoms in total. The third kappa shape index (κ3) is 5.71. The molecule has 0 aromatic carbocycles. The summed E-state index contributed by atoms with van der Waals surface area (Å²) in [6.07, 6.45) is -3.78. The Labute approximate surface area is 98.7 Å². The fourth-order valence-corrected chi connectivity index (χ4v) is 1.51. The van der Waals surface area contributed by atoms with Gasteiger partial charge in [0.15, 0.2) is 0 Å². The van der Waals surface area contributed by atoms with Gasteiger partial charge in [-0.3, -0.25) is 0 Å². The molecule has 1 unspecified atom stereocenters. The maximum atomic E-state index is 11.8. The zero-order valence-corrected chi connectivity index (χ0v) is 9.20. The van der Waals surface area contributed by atoms with Crippen LogP contribution in [-0.2, 0) is 0 Å². The zero-order chi connectivity index (χ0) is 12.9. The highest BCUT2D eigenvalue weighted by atomic mass is 32.2. The number of thioether (sulfide) groups is 1. The summed E-state index contributed by atoms with van der Waals surface area (Å²) >= 11 is 1.06. The van der Waals surface area contributed by atoms with Crippen molar-refractivity contribution in [3.63, 3.8) is 0 Å². The highest BCUT2D eigenvalue weighted by molar-refractivity contribution is 7.99. The molecule has 1 aromatic heterocycles. The average Bonchev–Trinajstić information content (AvgIpc) is 2.25. The van der Waals surface area contributed by atoms with E-state index in [1.54, 1.807) is 0 Å². The van der Waals surface area contributed by atoms with Gasteiger partial charge in [0.1, 0.15) is 5.03 Å². The van der Waals surface area contributed by atoms with Crippen molar-refractivity contribution in [1.29, 1.82) is 0 Å². The summed E-state index contributed by atoms with van der Waals surface area (Å²) in [4.78, 5) is 7.05. The van der Waals surface area contributed by atoms with Crippen LogP contribution in [0.25, 0.3) is 0 Å². The molecule has 1 heterocycles. The zero-order valence-electron chi connectivity index (χ0n) is 8.39. The molecule has 1 atom stereocenters. The van der Waals surface area contributed by atoms with E-state index in [1.165, 1.54) is 0 Å². The Balaban J connectivity index is 2.50. The number of hydrogen-bond acceptors (Lipinski definition) is 6. The molecule has 96 valence electrons. The number of aliphatic hydroxyl groups is 2. The maximum absolute atomic E-state index is 11.8. The minimum atomic E-state index is -4.80. The molecule has 0 bridgehead atoms. The van der Waals surface area contributed by atoms with Crippen molar-refractivity contribution in [3.8, 4) is 5.88 Å². The molecule has 0 amide bonds. The van der Waals surface area contributed by atoms with Crippen LogP contribution in [-0.4, -0.2) is 45.0 Å². The molecule has 0 fully saturated rings. The molecule has 0 saturated carbocycles. The van der Waals surface area contributed by atoms with Crippen LogP contribution in [0, 0.1) is 0 Å². The lowest BCUT2D eigenvalue weighted by atomic mass is 10.4. The molecule has 0 radical (unpaired) electrons. The van der Waals surface area contributed by atoms with Gasteiger partial charge < -0.3 is 14.9 Å². The number of aliphatic hydroxyl groups excluding tert-OH is 2. The third-order valence-electron chi connectivity index (χ3n) is 1.46. The lowest BCUT2D eigenvalue weighted by molar-refractivity contribution is -0.276. The molecule has 0 spiro atoms. The van der Waals surface area contributed by atoms with Crippen molar-refractivity contribution in [3.05, 3.63) is 12.4 Å². The number of halogens is 3. The first kappa shape index (κ1) is 14.0. The van der Waals surface area contributed by atoms with E-state index in [9.17, 15) is 13.2 Å². The van der Waals surface area contributed by atoms with E-state index in [-0.39, 0.29) is 5.75 Å². The van der Waals surface area contributed by atoms with Crippen LogP contribution < -0.4 is 4.74 Å². The summed E-state index contributed by atoms with van der Waals surface area (Å²) < 4.78 is 38.9. The van der Waals surface area contributed by atoms with Gasteiger partial charge in [-0.1, -0.05) is 0 Å². The fraction of sp³-hybridized carbons (Fsp3) is 0.500. The summed E-state index contributed by atoms with van der Waals surface area (Å²) in [5.41, 5.74) is 0. The topological polar surface area (TPSA) is 75.5 Å². The highest BCUT2D eigenvalue weighted by Gasteiger charge is 2.31. The number of aromatic nitrogens is 2. The predicted octanol–water partition coefficient (Wildman–Crippen LogP) is 0.821. The first-order valence-electron chi connectivity index (χ1n) is 4.40. The van der Waals surface area contributed by atoms with Gasteiger partial charge >= 0.3 is 6.36 Å². The Morgan fingerprint density at radius 2 is 2.06 bits per heavy atom. The standard InChI is InChI=1S/C8H9F3N2O3S/c9-8(10,11)16-6-1-13-7(2-12-6)17-4-5(15)3-14/h1-2,5,14-15H,3-4H2.